The highest BCUT2D eigenvalue weighted by molar-refractivity contribution is 7.12. The Bertz CT molecular complexity index is 597. The Hall–Kier alpha value is -2.14. The molecule has 0 spiro atoms. The molecule has 4 nitrogen and oxygen atoms in total. The average molecular weight is 330 g/mol. The Morgan fingerprint density at radius 1 is 0.913 bits per heavy atom. The molecule has 0 atom stereocenters. The van der Waals surface area contributed by atoms with Crippen LogP contribution in [0.15, 0.2) is 47.8 Å². The van der Waals surface area contributed by atoms with Gasteiger partial charge in [-0.25, -0.2) is 0 Å². The molecule has 23 heavy (non-hydrogen) atoms. The normalized spacial score (nSPS) is 10.3. The van der Waals surface area contributed by atoms with Crippen molar-refractivity contribution in [3.05, 3.63) is 58.3 Å². The molecule has 0 radical (unpaired) electrons. The van der Waals surface area contributed by atoms with Gasteiger partial charge in [-0.05, 0) is 36.3 Å². The van der Waals surface area contributed by atoms with Crippen molar-refractivity contribution in [3.63, 3.8) is 0 Å². The van der Waals surface area contributed by atoms with E-state index in [1.54, 1.807) is 6.07 Å². The first-order chi connectivity index (χ1) is 11.3. The third kappa shape index (κ3) is 6.65. The minimum atomic E-state index is -0.0664. The molecule has 2 amide bonds. The lowest BCUT2D eigenvalue weighted by Crippen LogP contribution is -2.27. The highest BCUT2D eigenvalue weighted by atomic mass is 32.1. The Labute approximate surface area is 140 Å². The van der Waals surface area contributed by atoms with Crippen LogP contribution in [0.5, 0.6) is 0 Å². The average Bonchev–Trinajstić information content (AvgIpc) is 3.11. The van der Waals surface area contributed by atoms with E-state index in [1.165, 1.54) is 16.9 Å². The summed E-state index contributed by atoms with van der Waals surface area (Å²) in [5.41, 5.74) is 1.29. The molecule has 2 N–H and O–H groups in total. The molecule has 0 saturated heterocycles. The highest BCUT2D eigenvalue weighted by Crippen LogP contribution is 2.07. The second kappa shape index (κ2) is 9.79. The molecule has 0 aliphatic carbocycles. The maximum atomic E-state index is 11.7. The zero-order valence-electron chi connectivity index (χ0n) is 13.1. The summed E-state index contributed by atoms with van der Waals surface area (Å²) in [5.74, 6) is -0.0216. The highest BCUT2D eigenvalue weighted by Gasteiger charge is 2.06. The lowest BCUT2D eigenvalue weighted by atomic mass is 10.1. The Morgan fingerprint density at radius 3 is 2.43 bits per heavy atom. The van der Waals surface area contributed by atoms with E-state index in [0.29, 0.717) is 30.8 Å². The number of benzene rings is 1. The SMILES string of the molecule is O=C(CCCNC(=O)c1cccs1)NCCCc1ccccc1. The fraction of sp³-hybridized carbons (Fsp3) is 0.333. The fourth-order valence-corrected chi connectivity index (χ4v) is 2.84. The number of thiophene rings is 1. The van der Waals surface area contributed by atoms with E-state index in [9.17, 15) is 9.59 Å². The number of nitrogens with one attached hydrogen (secondary N) is 2. The Morgan fingerprint density at radius 2 is 1.70 bits per heavy atom. The van der Waals surface area contributed by atoms with Crippen LogP contribution in [-0.4, -0.2) is 24.9 Å². The van der Waals surface area contributed by atoms with Crippen LogP contribution < -0.4 is 10.6 Å². The van der Waals surface area contributed by atoms with Crippen molar-refractivity contribution in [1.82, 2.24) is 10.6 Å². The van der Waals surface area contributed by atoms with E-state index >= 15 is 0 Å². The van der Waals surface area contributed by atoms with Crippen molar-refractivity contribution >= 4 is 23.2 Å². The molecule has 5 heteroatoms. The molecule has 2 rings (SSSR count). The standard InChI is InChI=1S/C18H22N2O2S/c21-17(19-12-4-9-15-7-2-1-3-8-15)11-5-13-20-18(22)16-10-6-14-23-16/h1-3,6-8,10,14H,4-5,9,11-13H2,(H,19,21)(H,20,22). The van der Waals surface area contributed by atoms with Gasteiger partial charge < -0.3 is 10.6 Å². The summed E-state index contributed by atoms with van der Waals surface area (Å²) in [6, 6.07) is 13.9. The first-order valence-corrected chi connectivity index (χ1v) is 8.76. The lowest BCUT2D eigenvalue weighted by Gasteiger charge is -2.06. The van der Waals surface area contributed by atoms with Gasteiger partial charge in [0, 0.05) is 19.5 Å². The fourth-order valence-electron chi connectivity index (χ4n) is 2.20. The minimum Gasteiger partial charge on any atom is -0.356 e. The maximum absolute atomic E-state index is 11.7. The van der Waals surface area contributed by atoms with Crippen LogP contribution in [0.4, 0.5) is 0 Å². The van der Waals surface area contributed by atoms with Gasteiger partial charge in [0.25, 0.3) is 5.91 Å². The lowest BCUT2D eigenvalue weighted by molar-refractivity contribution is -0.121. The Kier molecular flexibility index (Phi) is 7.33. The van der Waals surface area contributed by atoms with Gasteiger partial charge >= 0.3 is 0 Å². The number of carbonyl (C=O) groups is 2. The van der Waals surface area contributed by atoms with Crippen molar-refractivity contribution in [1.29, 1.82) is 0 Å². The molecule has 0 unspecified atom stereocenters. The molecule has 1 aromatic carbocycles. The van der Waals surface area contributed by atoms with Crippen molar-refractivity contribution in [2.45, 2.75) is 25.7 Å². The summed E-state index contributed by atoms with van der Waals surface area (Å²) >= 11 is 1.42. The van der Waals surface area contributed by atoms with Crippen LogP contribution in [0.25, 0.3) is 0 Å². The van der Waals surface area contributed by atoms with Gasteiger partial charge in [0.15, 0.2) is 0 Å². The molecule has 1 aromatic heterocycles. The molecule has 122 valence electrons. The van der Waals surface area contributed by atoms with Crippen LogP contribution in [-0.2, 0) is 11.2 Å². The first kappa shape index (κ1) is 17.2. The molecule has 0 aliphatic rings. The van der Waals surface area contributed by atoms with Crippen molar-refractivity contribution in [3.8, 4) is 0 Å². The Balaban J connectivity index is 1.49. The number of carbonyl (C=O) groups excluding carboxylic acids is 2. The molecular formula is C18H22N2O2S. The van der Waals surface area contributed by atoms with Gasteiger partial charge in [-0.3, -0.25) is 9.59 Å². The number of hydrogen-bond donors (Lipinski definition) is 2. The molecular weight excluding hydrogens is 308 g/mol. The number of amides is 2. The second-order valence-corrected chi connectivity index (χ2v) is 6.22. The van der Waals surface area contributed by atoms with E-state index < -0.39 is 0 Å². The van der Waals surface area contributed by atoms with Crippen molar-refractivity contribution < 1.29 is 9.59 Å². The van der Waals surface area contributed by atoms with Crippen LogP contribution in [0, 0.1) is 0 Å². The molecule has 0 fully saturated rings. The topological polar surface area (TPSA) is 58.2 Å². The predicted octanol–water partition coefficient (Wildman–Crippen LogP) is 3.01. The quantitative estimate of drug-likeness (QED) is 0.694. The van der Waals surface area contributed by atoms with Crippen molar-refractivity contribution in [2.75, 3.05) is 13.1 Å². The van der Waals surface area contributed by atoms with E-state index in [2.05, 4.69) is 22.8 Å². The first-order valence-electron chi connectivity index (χ1n) is 7.88. The third-order valence-corrected chi connectivity index (χ3v) is 4.29. The minimum absolute atomic E-state index is 0.0448. The van der Waals surface area contributed by atoms with Crippen molar-refractivity contribution in [2.24, 2.45) is 0 Å². The van der Waals surface area contributed by atoms with Crippen LogP contribution in [0.2, 0.25) is 0 Å². The number of aryl methyl sites for hydroxylation is 1. The van der Waals surface area contributed by atoms with Gasteiger partial charge in [0.05, 0.1) is 4.88 Å². The third-order valence-electron chi connectivity index (χ3n) is 3.42. The summed E-state index contributed by atoms with van der Waals surface area (Å²) in [6.07, 6.45) is 3.00. The smallest absolute Gasteiger partial charge is 0.261 e. The maximum Gasteiger partial charge on any atom is 0.261 e. The van der Waals surface area contributed by atoms with E-state index in [4.69, 9.17) is 0 Å². The zero-order chi connectivity index (χ0) is 16.3. The van der Waals surface area contributed by atoms with Gasteiger partial charge in [-0.2, -0.15) is 0 Å². The monoisotopic (exact) mass is 330 g/mol. The number of rotatable bonds is 9. The molecule has 1 heterocycles. The summed E-state index contributed by atoms with van der Waals surface area (Å²) in [7, 11) is 0. The molecule has 2 aromatic rings. The van der Waals surface area contributed by atoms with Gasteiger partial charge in [-0.1, -0.05) is 36.4 Å². The summed E-state index contributed by atoms with van der Waals surface area (Å²) in [5, 5.41) is 7.61. The summed E-state index contributed by atoms with van der Waals surface area (Å²) in [4.78, 5) is 24.1. The van der Waals surface area contributed by atoms with Gasteiger partial charge in [0.1, 0.15) is 0 Å². The number of hydrogen-bond acceptors (Lipinski definition) is 3. The van der Waals surface area contributed by atoms with E-state index in [0.717, 1.165) is 12.8 Å². The van der Waals surface area contributed by atoms with E-state index in [1.807, 2.05) is 29.6 Å². The largest absolute Gasteiger partial charge is 0.356 e. The van der Waals surface area contributed by atoms with Crippen LogP contribution in [0.1, 0.15) is 34.5 Å². The molecule has 0 saturated carbocycles. The molecule has 0 bridgehead atoms. The molecule has 0 aliphatic heterocycles. The van der Waals surface area contributed by atoms with Crippen LogP contribution >= 0.6 is 11.3 Å². The van der Waals surface area contributed by atoms with Gasteiger partial charge in [-0.15, -0.1) is 11.3 Å². The van der Waals surface area contributed by atoms with Crippen LogP contribution in [0.3, 0.4) is 0 Å². The van der Waals surface area contributed by atoms with Gasteiger partial charge in [0.2, 0.25) is 5.91 Å². The predicted molar refractivity (Wildman–Crippen MR) is 93.7 cm³/mol. The summed E-state index contributed by atoms with van der Waals surface area (Å²) < 4.78 is 0. The zero-order valence-corrected chi connectivity index (χ0v) is 13.9. The van der Waals surface area contributed by atoms with E-state index in [-0.39, 0.29) is 11.8 Å². The second-order valence-electron chi connectivity index (χ2n) is 5.28. The summed E-state index contributed by atoms with van der Waals surface area (Å²) in [6.45, 7) is 1.21.